The van der Waals surface area contributed by atoms with E-state index in [1.807, 2.05) is 38.1 Å². The highest BCUT2D eigenvalue weighted by Crippen LogP contribution is 2.28. The highest BCUT2D eigenvalue weighted by molar-refractivity contribution is 6.69. The van der Waals surface area contributed by atoms with Crippen molar-refractivity contribution in [1.29, 1.82) is 0 Å². The molecule has 14 heavy (non-hydrogen) atoms. The molecule has 0 N–H and O–H groups in total. The van der Waals surface area contributed by atoms with Crippen LogP contribution in [-0.2, 0) is 0 Å². The Balaban J connectivity index is 2.51. The van der Waals surface area contributed by atoms with Gasteiger partial charge in [0.25, 0.3) is 0 Å². The molecule has 3 heteroatoms. The molecule has 0 radical (unpaired) electrons. The second kappa shape index (κ2) is 3.28. The Hall–Kier alpha value is -1.02. The summed E-state index contributed by atoms with van der Waals surface area (Å²) in [4.78, 5) is 4.27. The number of hydrogen-bond donors (Lipinski definition) is 0. The fourth-order valence-corrected chi connectivity index (χ4v) is 1.62. The Morgan fingerprint density at radius 1 is 1.36 bits per heavy atom. The van der Waals surface area contributed by atoms with Gasteiger partial charge in [0.05, 0.1) is 12.1 Å². The lowest BCUT2D eigenvalue weighted by atomic mass is 10.1. The molecule has 0 atom stereocenters. The van der Waals surface area contributed by atoms with E-state index in [1.165, 1.54) is 0 Å². The third kappa shape index (κ3) is 1.75. The number of halogens is 1. The van der Waals surface area contributed by atoms with E-state index in [-0.39, 0.29) is 5.60 Å². The van der Waals surface area contributed by atoms with Crippen molar-refractivity contribution in [3.8, 4) is 5.75 Å². The van der Waals surface area contributed by atoms with Crippen molar-refractivity contribution in [2.45, 2.75) is 19.4 Å². The predicted octanol–water partition coefficient (Wildman–Crippen LogP) is 2.84. The molecule has 2 nitrogen and oxygen atoms in total. The van der Waals surface area contributed by atoms with Crippen molar-refractivity contribution < 1.29 is 4.74 Å². The summed E-state index contributed by atoms with van der Waals surface area (Å²) in [5, 5.41) is 0.533. The number of aliphatic imine (C=N–C) groups is 1. The minimum absolute atomic E-state index is 0.285. The van der Waals surface area contributed by atoms with Crippen LogP contribution in [0.1, 0.15) is 19.4 Å². The maximum Gasteiger partial charge on any atom is 0.134 e. The van der Waals surface area contributed by atoms with Crippen LogP contribution in [-0.4, -0.2) is 17.3 Å². The zero-order chi connectivity index (χ0) is 10.2. The van der Waals surface area contributed by atoms with E-state index in [0.717, 1.165) is 11.3 Å². The molecule has 0 spiro atoms. The topological polar surface area (TPSA) is 21.6 Å². The summed E-state index contributed by atoms with van der Waals surface area (Å²) in [6, 6.07) is 7.70. The van der Waals surface area contributed by atoms with Crippen molar-refractivity contribution in [3.63, 3.8) is 0 Å². The molecular weight excluding hydrogens is 198 g/mol. The van der Waals surface area contributed by atoms with Gasteiger partial charge in [-0.2, -0.15) is 0 Å². The Morgan fingerprint density at radius 2 is 2.07 bits per heavy atom. The normalized spacial score (nSPS) is 18.9. The molecule has 2 rings (SSSR count). The predicted molar refractivity (Wildman–Crippen MR) is 58.4 cm³/mol. The molecular formula is C11H12ClNO. The van der Waals surface area contributed by atoms with Crippen LogP contribution < -0.4 is 4.74 Å². The van der Waals surface area contributed by atoms with Gasteiger partial charge in [-0.05, 0) is 26.0 Å². The smallest absolute Gasteiger partial charge is 0.134 e. The van der Waals surface area contributed by atoms with Gasteiger partial charge in [0.1, 0.15) is 16.5 Å². The zero-order valence-electron chi connectivity index (χ0n) is 8.25. The van der Waals surface area contributed by atoms with Gasteiger partial charge in [0, 0.05) is 0 Å². The van der Waals surface area contributed by atoms with E-state index in [9.17, 15) is 0 Å². The first-order valence-corrected chi connectivity index (χ1v) is 4.95. The number of fused-ring (bicyclic) bond motifs is 1. The van der Waals surface area contributed by atoms with E-state index in [2.05, 4.69) is 4.99 Å². The van der Waals surface area contributed by atoms with Crippen molar-refractivity contribution in [1.82, 2.24) is 0 Å². The largest absolute Gasteiger partial charge is 0.485 e. The number of hydrogen-bond acceptors (Lipinski definition) is 2. The van der Waals surface area contributed by atoms with Crippen LogP contribution in [0.15, 0.2) is 29.3 Å². The Labute approximate surface area is 88.6 Å². The Morgan fingerprint density at radius 3 is 2.86 bits per heavy atom. The Bertz CT molecular complexity index is 385. The maximum atomic E-state index is 6.05. The van der Waals surface area contributed by atoms with Gasteiger partial charge in [0.15, 0.2) is 0 Å². The summed E-state index contributed by atoms with van der Waals surface area (Å²) in [6.07, 6.45) is 0. The van der Waals surface area contributed by atoms with E-state index in [1.54, 1.807) is 0 Å². The molecule has 0 amide bonds. The maximum absolute atomic E-state index is 6.05. The first kappa shape index (κ1) is 9.53. The quantitative estimate of drug-likeness (QED) is 0.644. The third-order valence-corrected chi connectivity index (χ3v) is 2.42. The Kier molecular flexibility index (Phi) is 2.23. The molecule has 0 unspecified atom stereocenters. The molecule has 1 aliphatic rings. The van der Waals surface area contributed by atoms with Crippen molar-refractivity contribution in [2.24, 2.45) is 4.99 Å². The van der Waals surface area contributed by atoms with Crippen LogP contribution >= 0.6 is 11.6 Å². The van der Waals surface area contributed by atoms with Crippen LogP contribution in [0.25, 0.3) is 0 Å². The summed E-state index contributed by atoms with van der Waals surface area (Å²) in [5.74, 6) is 0.809. The first-order chi connectivity index (χ1) is 6.58. The van der Waals surface area contributed by atoms with Gasteiger partial charge < -0.3 is 4.74 Å². The standard InChI is InChI=1S/C11H12ClNO/c1-11(2)7-13-10(12)8-5-3-4-6-9(8)14-11/h3-6H,7H2,1-2H3. The molecule has 0 aliphatic carbocycles. The molecule has 0 aromatic heterocycles. The van der Waals surface area contributed by atoms with Gasteiger partial charge in [-0.15, -0.1) is 0 Å². The number of nitrogens with zero attached hydrogens (tertiary/aromatic N) is 1. The van der Waals surface area contributed by atoms with Crippen LogP contribution in [0.2, 0.25) is 0 Å². The summed E-state index contributed by atoms with van der Waals surface area (Å²) < 4.78 is 5.82. The van der Waals surface area contributed by atoms with E-state index >= 15 is 0 Å². The number of benzene rings is 1. The summed E-state index contributed by atoms with van der Waals surface area (Å²) in [6.45, 7) is 4.59. The molecule has 0 bridgehead atoms. The van der Waals surface area contributed by atoms with Crippen LogP contribution in [0, 0.1) is 0 Å². The average molecular weight is 210 g/mol. The molecule has 1 heterocycles. The highest BCUT2D eigenvalue weighted by atomic mass is 35.5. The molecule has 0 fully saturated rings. The molecule has 1 aromatic rings. The SMILES string of the molecule is CC1(C)CN=C(Cl)c2ccccc2O1. The van der Waals surface area contributed by atoms with Crippen LogP contribution in [0.3, 0.4) is 0 Å². The third-order valence-electron chi connectivity index (χ3n) is 2.09. The average Bonchev–Trinajstić information content (AvgIpc) is 2.25. The number of para-hydroxylation sites is 1. The van der Waals surface area contributed by atoms with Gasteiger partial charge >= 0.3 is 0 Å². The molecule has 74 valence electrons. The summed E-state index contributed by atoms with van der Waals surface area (Å²) in [5.41, 5.74) is 0.590. The molecule has 1 aliphatic heterocycles. The van der Waals surface area contributed by atoms with Gasteiger partial charge in [-0.3, -0.25) is 4.99 Å². The number of ether oxygens (including phenoxy) is 1. The fraction of sp³-hybridized carbons (Fsp3) is 0.364. The summed E-state index contributed by atoms with van der Waals surface area (Å²) >= 11 is 6.05. The minimum Gasteiger partial charge on any atom is -0.485 e. The number of rotatable bonds is 0. The first-order valence-electron chi connectivity index (χ1n) is 4.57. The van der Waals surface area contributed by atoms with Crippen molar-refractivity contribution >= 4 is 16.8 Å². The second-order valence-corrected chi connectivity index (χ2v) is 4.32. The van der Waals surface area contributed by atoms with Crippen molar-refractivity contribution in [3.05, 3.63) is 29.8 Å². The fourth-order valence-electron chi connectivity index (χ4n) is 1.40. The van der Waals surface area contributed by atoms with Crippen LogP contribution in [0.5, 0.6) is 5.75 Å². The molecule has 0 saturated heterocycles. The van der Waals surface area contributed by atoms with Gasteiger partial charge in [0.2, 0.25) is 0 Å². The highest BCUT2D eigenvalue weighted by Gasteiger charge is 2.24. The van der Waals surface area contributed by atoms with Crippen molar-refractivity contribution in [2.75, 3.05) is 6.54 Å². The van der Waals surface area contributed by atoms with Gasteiger partial charge in [-0.1, -0.05) is 23.7 Å². The van der Waals surface area contributed by atoms with Gasteiger partial charge in [-0.25, -0.2) is 0 Å². The lowest BCUT2D eigenvalue weighted by Crippen LogP contribution is -2.31. The minimum atomic E-state index is -0.285. The monoisotopic (exact) mass is 209 g/mol. The molecule has 1 aromatic carbocycles. The van der Waals surface area contributed by atoms with E-state index in [4.69, 9.17) is 16.3 Å². The zero-order valence-corrected chi connectivity index (χ0v) is 9.01. The van der Waals surface area contributed by atoms with Crippen LogP contribution in [0.4, 0.5) is 0 Å². The lowest BCUT2D eigenvalue weighted by Gasteiger charge is -2.23. The molecule has 0 saturated carbocycles. The summed E-state index contributed by atoms with van der Waals surface area (Å²) in [7, 11) is 0. The van der Waals surface area contributed by atoms with E-state index < -0.39 is 0 Å². The lowest BCUT2D eigenvalue weighted by molar-refractivity contribution is 0.121. The second-order valence-electron chi connectivity index (χ2n) is 3.96. The van der Waals surface area contributed by atoms with E-state index in [0.29, 0.717) is 11.7 Å².